The third-order valence-electron chi connectivity index (χ3n) is 2.32. The van der Waals surface area contributed by atoms with Crippen molar-refractivity contribution >= 4 is 11.7 Å². The lowest BCUT2D eigenvalue weighted by atomic mass is 10.2. The van der Waals surface area contributed by atoms with Crippen LogP contribution in [0.5, 0.6) is 0 Å². The molecule has 1 aromatic carbocycles. The molecule has 0 atom stereocenters. The standard InChI is InChI=1S/C12H8F3NO3/c13-6-3-8(14)11(9(15)4-6)16-5-7-1-2-10(19-7)12(17)18/h1-4,16H,5H2,(H,17,18). The van der Waals surface area contributed by atoms with E-state index in [1.807, 2.05) is 0 Å². The highest BCUT2D eigenvalue weighted by Gasteiger charge is 2.13. The number of anilines is 1. The number of nitrogens with one attached hydrogen (secondary N) is 1. The van der Waals surface area contributed by atoms with E-state index in [9.17, 15) is 18.0 Å². The van der Waals surface area contributed by atoms with Gasteiger partial charge in [-0.25, -0.2) is 18.0 Å². The molecule has 2 aromatic rings. The summed E-state index contributed by atoms with van der Waals surface area (Å²) in [4.78, 5) is 10.6. The first-order valence-corrected chi connectivity index (χ1v) is 5.18. The summed E-state index contributed by atoms with van der Waals surface area (Å²) in [6.07, 6.45) is 0. The van der Waals surface area contributed by atoms with Crippen LogP contribution in [0.1, 0.15) is 16.3 Å². The molecule has 0 bridgehead atoms. The zero-order valence-electron chi connectivity index (χ0n) is 9.41. The fourth-order valence-corrected chi connectivity index (χ4v) is 1.47. The molecule has 0 aliphatic rings. The Kier molecular flexibility index (Phi) is 3.46. The normalized spacial score (nSPS) is 10.5. The Hall–Kier alpha value is -2.44. The van der Waals surface area contributed by atoms with Crippen LogP contribution < -0.4 is 5.32 Å². The molecule has 0 radical (unpaired) electrons. The lowest BCUT2D eigenvalue weighted by molar-refractivity contribution is 0.0660. The second-order valence-electron chi connectivity index (χ2n) is 3.67. The van der Waals surface area contributed by atoms with Gasteiger partial charge < -0.3 is 14.8 Å². The van der Waals surface area contributed by atoms with Crippen LogP contribution in [0, 0.1) is 17.5 Å². The van der Waals surface area contributed by atoms with Crippen molar-refractivity contribution in [3.8, 4) is 0 Å². The SMILES string of the molecule is O=C(O)c1ccc(CNc2c(F)cc(F)cc2F)o1. The summed E-state index contributed by atoms with van der Waals surface area (Å²) >= 11 is 0. The van der Waals surface area contributed by atoms with Crippen molar-refractivity contribution in [3.05, 3.63) is 53.2 Å². The number of carboxylic acid groups (broad SMARTS) is 1. The van der Waals surface area contributed by atoms with Gasteiger partial charge in [0.15, 0.2) is 11.6 Å². The zero-order valence-corrected chi connectivity index (χ0v) is 9.41. The molecule has 0 saturated heterocycles. The Morgan fingerprint density at radius 3 is 2.37 bits per heavy atom. The van der Waals surface area contributed by atoms with Gasteiger partial charge in [0.1, 0.15) is 17.3 Å². The molecule has 0 aliphatic carbocycles. The number of carboxylic acids is 1. The van der Waals surface area contributed by atoms with Crippen molar-refractivity contribution in [2.75, 3.05) is 5.32 Å². The maximum absolute atomic E-state index is 13.3. The van der Waals surface area contributed by atoms with E-state index in [0.29, 0.717) is 12.1 Å². The lowest BCUT2D eigenvalue weighted by Gasteiger charge is -2.07. The molecule has 2 N–H and O–H groups in total. The van der Waals surface area contributed by atoms with Crippen molar-refractivity contribution < 1.29 is 27.5 Å². The van der Waals surface area contributed by atoms with Gasteiger partial charge in [0.05, 0.1) is 6.54 Å². The van der Waals surface area contributed by atoms with Gasteiger partial charge in [0.25, 0.3) is 0 Å². The van der Waals surface area contributed by atoms with E-state index in [1.54, 1.807) is 0 Å². The van der Waals surface area contributed by atoms with E-state index in [0.717, 1.165) is 0 Å². The van der Waals surface area contributed by atoms with Crippen LogP contribution in [0.2, 0.25) is 0 Å². The van der Waals surface area contributed by atoms with Crippen LogP contribution in [0.25, 0.3) is 0 Å². The average molecular weight is 271 g/mol. The number of carbonyl (C=O) groups is 1. The Morgan fingerprint density at radius 1 is 1.21 bits per heavy atom. The number of benzene rings is 1. The van der Waals surface area contributed by atoms with Gasteiger partial charge in [-0.05, 0) is 12.1 Å². The molecule has 0 amide bonds. The monoisotopic (exact) mass is 271 g/mol. The van der Waals surface area contributed by atoms with Gasteiger partial charge in [0, 0.05) is 12.1 Å². The van der Waals surface area contributed by atoms with Gasteiger partial charge in [-0.2, -0.15) is 0 Å². The first-order chi connectivity index (χ1) is 8.97. The molecule has 0 unspecified atom stereocenters. The summed E-state index contributed by atoms with van der Waals surface area (Å²) in [5.74, 6) is -4.53. The molecule has 19 heavy (non-hydrogen) atoms. The first kappa shape index (κ1) is 13.0. The molecule has 1 aromatic heterocycles. The van der Waals surface area contributed by atoms with Gasteiger partial charge in [0.2, 0.25) is 5.76 Å². The lowest BCUT2D eigenvalue weighted by Crippen LogP contribution is -2.04. The fourth-order valence-electron chi connectivity index (χ4n) is 1.47. The molecule has 0 aliphatic heterocycles. The van der Waals surface area contributed by atoms with E-state index in [1.165, 1.54) is 12.1 Å². The molecule has 4 nitrogen and oxygen atoms in total. The predicted molar refractivity (Wildman–Crippen MR) is 59.3 cm³/mol. The maximum Gasteiger partial charge on any atom is 0.371 e. The summed E-state index contributed by atoms with van der Waals surface area (Å²) in [6, 6.07) is 3.65. The molecule has 100 valence electrons. The second-order valence-corrected chi connectivity index (χ2v) is 3.67. The molecular weight excluding hydrogens is 263 g/mol. The third-order valence-corrected chi connectivity index (χ3v) is 2.32. The molecule has 7 heteroatoms. The number of aromatic carboxylic acids is 1. The van der Waals surface area contributed by atoms with E-state index in [4.69, 9.17) is 9.52 Å². The molecule has 0 saturated carbocycles. The first-order valence-electron chi connectivity index (χ1n) is 5.18. The minimum atomic E-state index is -1.25. The summed E-state index contributed by atoms with van der Waals surface area (Å²) in [7, 11) is 0. The Labute approximate surface area is 105 Å². The number of rotatable bonds is 4. The van der Waals surface area contributed by atoms with Crippen molar-refractivity contribution in [3.63, 3.8) is 0 Å². The second kappa shape index (κ2) is 5.05. The smallest absolute Gasteiger partial charge is 0.371 e. The van der Waals surface area contributed by atoms with E-state index >= 15 is 0 Å². The average Bonchev–Trinajstić information content (AvgIpc) is 2.76. The third kappa shape index (κ3) is 2.87. The van der Waals surface area contributed by atoms with Crippen molar-refractivity contribution in [1.82, 2.24) is 0 Å². The molecule has 2 rings (SSSR count). The number of hydrogen-bond donors (Lipinski definition) is 2. The molecule has 0 spiro atoms. The van der Waals surface area contributed by atoms with E-state index in [-0.39, 0.29) is 18.1 Å². The molecular formula is C12H8F3NO3. The van der Waals surface area contributed by atoms with Crippen LogP contribution >= 0.6 is 0 Å². The van der Waals surface area contributed by atoms with Gasteiger partial charge in [-0.3, -0.25) is 0 Å². The largest absolute Gasteiger partial charge is 0.475 e. The van der Waals surface area contributed by atoms with Gasteiger partial charge in [-0.15, -0.1) is 0 Å². The van der Waals surface area contributed by atoms with Crippen LogP contribution in [0.4, 0.5) is 18.9 Å². The zero-order chi connectivity index (χ0) is 14.0. The Morgan fingerprint density at radius 2 is 1.84 bits per heavy atom. The minimum absolute atomic E-state index is 0.132. The number of halogens is 3. The van der Waals surface area contributed by atoms with Crippen LogP contribution in [0.3, 0.4) is 0 Å². The number of hydrogen-bond acceptors (Lipinski definition) is 3. The maximum atomic E-state index is 13.3. The van der Waals surface area contributed by atoms with Gasteiger partial charge >= 0.3 is 5.97 Å². The molecule has 1 heterocycles. The Bertz CT molecular complexity index is 601. The highest BCUT2D eigenvalue weighted by Crippen LogP contribution is 2.21. The summed E-state index contributed by atoms with van der Waals surface area (Å²) in [6.45, 7) is -0.132. The van der Waals surface area contributed by atoms with Crippen LogP contribution in [-0.4, -0.2) is 11.1 Å². The predicted octanol–water partition coefficient (Wildman–Crippen LogP) is 3.01. The van der Waals surface area contributed by atoms with Crippen LogP contribution in [0.15, 0.2) is 28.7 Å². The van der Waals surface area contributed by atoms with Crippen molar-refractivity contribution in [2.45, 2.75) is 6.54 Å². The highest BCUT2D eigenvalue weighted by molar-refractivity contribution is 5.84. The topological polar surface area (TPSA) is 62.5 Å². The quantitative estimate of drug-likeness (QED) is 0.897. The van der Waals surface area contributed by atoms with Crippen molar-refractivity contribution in [1.29, 1.82) is 0 Å². The van der Waals surface area contributed by atoms with Crippen molar-refractivity contribution in [2.24, 2.45) is 0 Å². The summed E-state index contributed by atoms with van der Waals surface area (Å²) in [5.41, 5.74) is -0.505. The van der Waals surface area contributed by atoms with Gasteiger partial charge in [-0.1, -0.05) is 0 Å². The summed E-state index contributed by atoms with van der Waals surface area (Å²) in [5, 5.41) is 11.0. The highest BCUT2D eigenvalue weighted by atomic mass is 19.1. The van der Waals surface area contributed by atoms with E-state index < -0.39 is 29.1 Å². The molecule has 0 fully saturated rings. The minimum Gasteiger partial charge on any atom is -0.475 e. The fraction of sp³-hybridized carbons (Fsp3) is 0.0833. The van der Waals surface area contributed by atoms with Crippen LogP contribution in [-0.2, 0) is 6.54 Å². The Balaban J connectivity index is 2.12. The summed E-state index contributed by atoms with van der Waals surface area (Å²) < 4.78 is 44.1. The van der Waals surface area contributed by atoms with E-state index in [2.05, 4.69) is 5.32 Å². The number of furan rings is 1.